The summed E-state index contributed by atoms with van der Waals surface area (Å²) < 4.78 is 11.9. The second-order valence-electron chi connectivity index (χ2n) is 9.80. The molecule has 0 aromatic heterocycles. The number of likely N-dealkylation sites (tertiary alicyclic amines) is 1. The van der Waals surface area contributed by atoms with Gasteiger partial charge in [0, 0.05) is 50.2 Å². The van der Waals surface area contributed by atoms with Gasteiger partial charge in [-0.25, -0.2) is 0 Å². The van der Waals surface area contributed by atoms with Crippen LogP contribution in [0.1, 0.15) is 52.0 Å². The fraction of sp³-hybridized carbons (Fsp3) is 0.464. The summed E-state index contributed by atoms with van der Waals surface area (Å²) in [6.45, 7) is 4.08. The van der Waals surface area contributed by atoms with Crippen LogP contribution in [-0.4, -0.2) is 78.2 Å². The molecule has 8 nitrogen and oxygen atoms in total. The van der Waals surface area contributed by atoms with E-state index in [0.29, 0.717) is 50.2 Å². The van der Waals surface area contributed by atoms with E-state index in [1.54, 1.807) is 17.0 Å². The number of carbonyl (C=O) groups excluding carboxylic acids is 3. The molecule has 2 aromatic carbocycles. The van der Waals surface area contributed by atoms with Crippen LogP contribution in [0.3, 0.4) is 0 Å². The number of rotatable bonds is 5. The highest BCUT2D eigenvalue weighted by molar-refractivity contribution is 5.99. The molecule has 3 aliphatic heterocycles. The van der Waals surface area contributed by atoms with Crippen molar-refractivity contribution < 1.29 is 23.9 Å². The van der Waals surface area contributed by atoms with E-state index in [2.05, 4.69) is 5.32 Å². The maximum Gasteiger partial charge on any atom is 0.256 e. The van der Waals surface area contributed by atoms with Crippen molar-refractivity contribution in [1.29, 1.82) is 0 Å². The van der Waals surface area contributed by atoms with Gasteiger partial charge in [0.25, 0.3) is 11.8 Å². The molecule has 0 aliphatic carbocycles. The predicted octanol–water partition coefficient (Wildman–Crippen LogP) is 2.76. The van der Waals surface area contributed by atoms with Crippen molar-refractivity contribution in [2.24, 2.45) is 0 Å². The van der Waals surface area contributed by atoms with Crippen LogP contribution in [0.15, 0.2) is 54.6 Å². The number of benzene rings is 2. The second kappa shape index (κ2) is 10.4. The minimum absolute atomic E-state index is 0.0131. The lowest BCUT2D eigenvalue weighted by Gasteiger charge is -2.44. The third-order valence-electron chi connectivity index (χ3n) is 7.54. The first-order valence-corrected chi connectivity index (χ1v) is 12.8. The number of piperidine rings is 1. The summed E-state index contributed by atoms with van der Waals surface area (Å²) in [6.07, 6.45) is 2.81. The van der Waals surface area contributed by atoms with E-state index in [1.165, 1.54) is 0 Å². The zero-order valence-electron chi connectivity index (χ0n) is 20.7. The lowest BCUT2D eigenvalue weighted by Crippen LogP contribution is -2.60. The SMILES string of the molecule is Cc1ccccc1C(=O)N1CCC2(CC1)OC[C@@H](C(=O)NC[C@@H]1CCCO1)N2C(=O)c1ccccc1. The fourth-order valence-electron chi connectivity index (χ4n) is 5.47. The molecule has 0 radical (unpaired) electrons. The predicted molar refractivity (Wildman–Crippen MR) is 133 cm³/mol. The van der Waals surface area contributed by atoms with Crippen LogP contribution in [0.2, 0.25) is 0 Å². The number of hydrogen-bond acceptors (Lipinski definition) is 5. The second-order valence-corrected chi connectivity index (χ2v) is 9.80. The average Bonchev–Trinajstić information content (AvgIpc) is 3.56. The Bertz CT molecular complexity index is 1110. The van der Waals surface area contributed by atoms with Gasteiger partial charge in [-0.2, -0.15) is 0 Å². The molecule has 0 bridgehead atoms. The van der Waals surface area contributed by atoms with Gasteiger partial charge in [0.05, 0.1) is 12.7 Å². The topological polar surface area (TPSA) is 88.2 Å². The molecule has 3 saturated heterocycles. The Labute approximate surface area is 211 Å². The molecule has 2 atom stereocenters. The standard InChI is InChI=1S/C28H33N3O5/c1-20-8-5-6-12-23(20)27(34)30-15-13-28(14-16-30)31(26(33)21-9-3-2-4-10-21)24(19-36-28)25(32)29-18-22-11-7-17-35-22/h2-6,8-10,12,22,24H,7,11,13-19H2,1H3,(H,29,32)/t22-,24-/m0/s1. The summed E-state index contributed by atoms with van der Waals surface area (Å²) in [5.41, 5.74) is 1.20. The summed E-state index contributed by atoms with van der Waals surface area (Å²) >= 11 is 0. The Kier molecular flexibility index (Phi) is 7.07. The van der Waals surface area contributed by atoms with E-state index < -0.39 is 11.8 Å². The van der Waals surface area contributed by atoms with Gasteiger partial charge in [0.1, 0.15) is 11.8 Å². The van der Waals surface area contributed by atoms with Gasteiger partial charge in [0.2, 0.25) is 5.91 Å². The molecule has 5 rings (SSSR count). The highest BCUT2D eigenvalue weighted by Crippen LogP contribution is 2.39. The molecule has 1 N–H and O–H groups in total. The minimum atomic E-state index is -0.929. The third kappa shape index (κ3) is 4.75. The molecule has 8 heteroatoms. The van der Waals surface area contributed by atoms with Crippen LogP contribution in [0.4, 0.5) is 0 Å². The van der Waals surface area contributed by atoms with Crippen LogP contribution in [-0.2, 0) is 14.3 Å². The largest absolute Gasteiger partial charge is 0.376 e. The smallest absolute Gasteiger partial charge is 0.256 e. The molecular formula is C28H33N3O5. The molecule has 2 aromatic rings. The first kappa shape index (κ1) is 24.5. The summed E-state index contributed by atoms with van der Waals surface area (Å²) in [5.74, 6) is -0.484. The molecule has 36 heavy (non-hydrogen) atoms. The van der Waals surface area contributed by atoms with E-state index in [4.69, 9.17) is 9.47 Å². The van der Waals surface area contributed by atoms with Gasteiger partial charge in [-0.3, -0.25) is 19.3 Å². The number of carbonyl (C=O) groups is 3. The normalized spacial score (nSPS) is 23.1. The van der Waals surface area contributed by atoms with Gasteiger partial charge in [-0.15, -0.1) is 0 Å². The van der Waals surface area contributed by atoms with Crippen molar-refractivity contribution >= 4 is 17.7 Å². The van der Waals surface area contributed by atoms with Gasteiger partial charge in [-0.1, -0.05) is 36.4 Å². The molecule has 3 fully saturated rings. The van der Waals surface area contributed by atoms with Crippen molar-refractivity contribution in [1.82, 2.24) is 15.1 Å². The Morgan fingerprint density at radius 3 is 2.42 bits per heavy atom. The van der Waals surface area contributed by atoms with Crippen molar-refractivity contribution in [2.45, 2.75) is 50.5 Å². The molecular weight excluding hydrogens is 458 g/mol. The Hall–Kier alpha value is -3.23. The average molecular weight is 492 g/mol. The van der Waals surface area contributed by atoms with E-state index in [0.717, 1.165) is 18.4 Å². The summed E-state index contributed by atoms with van der Waals surface area (Å²) in [5, 5.41) is 2.98. The van der Waals surface area contributed by atoms with Crippen LogP contribution < -0.4 is 5.32 Å². The maximum atomic E-state index is 13.7. The first-order chi connectivity index (χ1) is 17.5. The number of hydrogen-bond donors (Lipinski definition) is 1. The quantitative estimate of drug-likeness (QED) is 0.695. The van der Waals surface area contributed by atoms with Gasteiger partial charge in [-0.05, 0) is 43.5 Å². The molecule has 1 spiro atoms. The third-order valence-corrected chi connectivity index (χ3v) is 7.54. The number of nitrogens with zero attached hydrogens (tertiary/aromatic N) is 2. The van der Waals surface area contributed by atoms with E-state index in [1.807, 2.05) is 54.3 Å². The molecule has 0 saturated carbocycles. The van der Waals surface area contributed by atoms with E-state index in [-0.39, 0.29) is 30.4 Å². The Morgan fingerprint density at radius 1 is 1.00 bits per heavy atom. The van der Waals surface area contributed by atoms with Crippen LogP contribution >= 0.6 is 0 Å². The van der Waals surface area contributed by atoms with Crippen molar-refractivity contribution in [2.75, 3.05) is 32.8 Å². The van der Waals surface area contributed by atoms with Crippen LogP contribution in [0, 0.1) is 6.92 Å². The minimum Gasteiger partial charge on any atom is -0.376 e. The van der Waals surface area contributed by atoms with E-state index >= 15 is 0 Å². The molecule has 190 valence electrons. The number of amides is 3. The van der Waals surface area contributed by atoms with Crippen molar-refractivity contribution in [3.05, 3.63) is 71.3 Å². The molecule has 3 aliphatic rings. The van der Waals surface area contributed by atoms with Gasteiger partial charge < -0.3 is 19.7 Å². The Morgan fingerprint density at radius 2 is 1.72 bits per heavy atom. The number of aryl methyl sites for hydroxylation is 1. The fourth-order valence-corrected chi connectivity index (χ4v) is 5.47. The molecule has 3 heterocycles. The summed E-state index contributed by atoms with van der Waals surface area (Å²) in [6, 6.07) is 15.8. The van der Waals surface area contributed by atoms with Gasteiger partial charge >= 0.3 is 0 Å². The van der Waals surface area contributed by atoms with Crippen molar-refractivity contribution in [3.8, 4) is 0 Å². The summed E-state index contributed by atoms with van der Waals surface area (Å²) in [4.78, 5) is 43.6. The monoisotopic (exact) mass is 491 g/mol. The first-order valence-electron chi connectivity index (χ1n) is 12.8. The van der Waals surface area contributed by atoms with E-state index in [9.17, 15) is 14.4 Å². The zero-order chi connectivity index (χ0) is 25.1. The highest BCUT2D eigenvalue weighted by atomic mass is 16.5. The van der Waals surface area contributed by atoms with Crippen LogP contribution in [0.5, 0.6) is 0 Å². The number of ether oxygens (including phenoxy) is 2. The Balaban J connectivity index is 1.34. The molecule has 0 unspecified atom stereocenters. The van der Waals surface area contributed by atoms with Crippen molar-refractivity contribution in [3.63, 3.8) is 0 Å². The van der Waals surface area contributed by atoms with Crippen LogP contribution in [0.25, 0.3) is 0 Å². The highest BCUT2D eigenvalue weighted by Gasteiger charge is 2.54. The molecule has 3 amide bonds. The zero-order valence-corrected chi connectivity index (χ0v) is 20.7. The lowest BCUT2D eigenvalue weighted by atomic mass is 9.95. The van der Waals surface area contributed by atoms with Gasteiger partial charge in [0.15, 0.2) is 0 Å². The number of nitrogens with one attached hydrogen (secondary N) is 1. The maximum absolute atomic E-state index is 13.7. The lowest BCUT2D eigenvalue weighted by molar-refractivity contribution is -0.128. The summed E-state index contributed by atoms with van der Waals surface area (Å²) in [7, 11) is 0.